The van der Waals surface area contributed by atoms with Gasteiger partial charge in [0.15, 0.2) is 0 Å². The van der Waals surface area contributed by atoms with Crippen molar-refractivity contribution in [2.24, 2.45) is 0 Å². The van der Waals surface area contributed by atoms with E-state index in [1.807, 2.05) is 0 Å². The first kappa shape index (κ1) is 10.7. The third-order valence-corrected chi connectivity index (χ3v) is 1.21. The lowest BCUT2D eigenvalue weighted by Gasteiger charge is -1.97. The number of hydrogen-bond acceptors (Lipinski definition) is 3. The summed E-state index contributed by atoms with van der Waals surface area (Å²) < 4.78 is 4.60. The SMILES string of the molecule is CC(=O)OCC/C=C(\C)C(=O)O. The molecule has 0 atom stereocenters. The van der Waals surface area contributed by atoms with E-state index in [9.17, 15) is 9.59 Å². The van der Waals surface area contributed by atoms with E-state index in [4.69, 9.17) is 5.11 Å². The maximum absolute atomic E-state index is 10.3. The van der Waals surface area contributed by atoms with Crippen LogP contribution in [0.1, 0.15) is 20.3 Å². The Hall–Kier alpha value is -1.32. The van der Waals surface area contributed by atoms with E-state index in [0.29, 0.717) is 6.42 Å². The van der Waals surface area contributed by atoms with Crippen molar-refractivity contribution < 1.29 is 19.4 Å². The third-order valence-electron chi connectivity index (χ3n) is 1.21. The van der Waals surface area contributed by atoms with Crippen molar-refractivity contribution in [2.75, 3.05) is 6.61 Å². The Balaban J connectivity index is 3.60. The largest absolute Gasteiger partial charge is 0.478 e. The number of carboxylic acid groups (broad SMARTS) is 1. The van der Waals surface area contributed by atoms with E-state index in [-0.39, 0.29) is 18.1 Å². The average Bonchev–Trinajstić information content (AvgIpc) is 1.97. The van der Waals surface area contributed by atoms with E-state index >= 15 is 0 Å². The first-order valence-electron chi connectivity index (χ1n) is 3.57. The van der Waals surface area contributed by atoms with Crippen LogP contribution in [0.3, 0.4) is 0 Å². The number of esters is 1. The van der Waals surface area contributed by atoms with Crippen molar-refractivity contribution in [2.45, 2.75) is 20.3 Å². The molecule has 0 radical (unpaired) electrons. The molecule has 0 bridgehead atoms. The van der Waals surface area contributed by atoms with Crippen LogP contribution >= 0.6 is 0 Å². The lowest BCUT2D eigenvalue weighted by Crippen LogP contribution is -2.01. The van der Waals surface area contributed by atoms with Gasteiger partial charge in [0.25, 0.3) is 0 Å². The quantitative estimate of drug-likeness (QED) is 0.390. The van der Waals surface area contributed by atoms with Gasteiger partial charge in [0.2, 0.25) is 0 Å². The van der Waals surface area contributed by atoms with Crippen LogP contribution in [-0.4, -0.2) is 23.7 Å². The fourth-order valence-electron chi connectivity index (χ4n) is 0.565. The molecular weight excluding hydrogens is 160 g/mol. The van der Waals surface area contributed by atoms with Crippen molar-refractivity contribution >= 4 is 11.9 Å². The fourth-order valence-corrected chi connectivity index (χ4v) is 0.565. The molecule has 1 N–H and O–H groups in total. The molecule has 0 saturated heterocycles. The molecule has 4 heteroatoms. The van der Waals surface area contributed by atoms with Gasteiger partial charge in [-0.25, -0.2) is 4.79 Å². The van der Waals surface area contributed by atoms with Crippen molar-refractivity contribution in [3.05, 3.63) is 11.6 Å². The molecule has 0 aromatic heterocycles. The second-order valence-electron chi connectivity index (χ2n) is 2.32. The number of carbonyl (C=O) groups is 2. The number of rotatable bonds is 4. The first-order chi connectivity index (χ1) is 5.54. The van der Waals surface area contributed by atoms with Gasteiger partial charge in [0, 0.05) is 18.9 Å². The molecule has 0 aromatic rings. The third kappa shape index (κ3) is 5.46. The van der Waals surface area contributed by atoms with Crippen LogP contribution in [0.5, 0.6) is 0 Å². The monoisotopic (exact) mass is 172 g/mol. The lowest BCUT2D eigenvalue weighted by molar-refractivity contribution is -0.140. The molecule has 0 fully saturated rings. The number of carboxylic acids is 1. The molecule has 0 aliphatic rings. The highest BCUT2D eigenvalue weighted by atomic mass is 16.5. The van der Waals surface area contributed by atoms with Gasteiger partial charge in [-0.15, -0.1) is 0 Å². The standard InChI is InChI=1S/C8H12O4/c1-6(8(10)11)4-3-5-12-7(2)9/h4H,3,5H2,1-2H3,(H,10,11)/b6-4+. The molecular formula is C8H12O4. The van der Waals surface area contributed by atoms with Crippen LogP contribution < -0.4 is 0 Å². The molecule has 0 amide bonds. The summed E-state index contributed by atoms with van der Waals surface area (Å²) >= 11 is 0. The summed E-state index contributed by atoms with van der Waals surface area (Å²) in [6.07, 6.45) is 1.96. The van der Waals surface area contributed by atoms with E-state index in [2.05, 4.69) is 4.74 Å². The smallest absolute Gasteiger partial charge is 0.330 e. The normalized spacial score (nSPS) is 11.0. The fraction of sp³-hybridized carbons (Fsp3) is 0.500. The summed E-state index contributed by atoms with van der Waals surface area (Å²) in [6, 6.07) is 0. The van der Waals surface area contributed by atoms with Crippen molar-refractivity contribution in [3.63, 3.8) is 0 Å². The molecule has 0 spiro atoms. The van der Waals surface area contributed by atoms with E-state index in [0.717, 1.165) is 0 Å². The highest BCUT2D eigenvalue weighted by Gasteiger charge is 1.98. The second-order valence-corrected chi connectivity index (χ2v) is 2.32. The topological polar surface area (TPSA) is 63.6 Å². The van der Waals surface area contributed by atoms with Gasteiger partial charge < -0.3 is 9.84 Å². The van der Waals surface area contributed by atoms with E-state index in [1.165, 1.54) is 19.9 Å². The van der Waals surface area contributed by atoms with Crippen LogP contribution in [0.2, 0.25) is 0 Å². The van der Waals surface area contributed by atoms with Crippen LogP contribution in [-0.2, 0) is 14.3 Å². The molecule has 0 aliphatic carbocycles. The van der Waals surface area contributed by atoms with Gasteiger partial charge in [-0.1, -0.05) is 6.08 Å². The van der Waals surface area contributed by atoms with E-state index < -0.39 is 5.97 Å². The Kier molecular flexibility index (Phi) is 4.76. The summed E-state index contributed by atoms with van der Waals surface area (Å²) in [5, 5.41) is 8.41. The minimum Gasteiger partial charge on any atom is -0.478 e. The minimum absolute atomic E-state index is 0.236. The molecule has 12 heavy (non-hydrogen) atoms. The molecule has 0 saturated carbocycles. The summed E-state index contributed by atoms with van der Waals surface area (Å²) in [5.74, 6) is -1.30. The maximum Gasteiger partial charge on any atom is 0.330 e. The predicted octanol–water partition coefficient (Wildman–Crippen LogP) is 0.970. The Bertz CT molecular complexity index is 205. The number of carbonyl (C=O) groups excluding carboxylic acids is 1. The summed E-state index contributed by atoms with van der Waals surface area (Å²) in [5.41, 5.74) is 0.266. The van der Waals surface area contributed by atoms with Crippen LogP contribution in [0.15, 0.2) is 11.6 Å². The molecule has 0 aliphatic heterocycles. The van der Waals surface area contributed by atoms with Gasteiger partial charge in [-0.05, 0) is 6.92 Å². The van der Waals surface area contributed by atoms with Crippen LogP contribution in [0.4, 0.5) is 0 Å². The number of ether oxygens (including phenoxy) is 1. The highest BCUT2D eigenvalue weighted by molar-refractivity contribution is 5.85. The lowest BCUT2D eigenvalue weighted by atomic mass is 10.2. The second kappa shape index (κ2) is 5.35. The van der Waals surface area contributed by atoms with Gasteiger partial charge in [0.1, 0.15) is 0 Å². The Morgan fingerprint density at radius 1 is 1.42 bits per heavy atom. The Morgan fingerprint density at radius 2 is 2.00 bits per heavy atom. The zero-order chi connectivity index (χ0) is 9.56. The zero-order valence-electron chi connectivity index (χ0n) is 7.16. The highest BCUT2D eigenvalue weighted by Crippen LogP contribution is 1.95. The molecule has 0 rings (SSSR count). The molecule has 4 nitrogen and oxygen atoms in total. The summed E-state index contributed by atoms with van der Waals surface area (Å²) in [7, 11) is 0. The van der Waals surface area contributed by atoms with Gasteiger partial charge in [-0.3, -0.25) is 4.79 Å². The van der Waals surface area contributed by atoms with Gasteiger partial charge in [-0.2, -0.15) is 0 Å². The molecule has 0 aromatic carbocycles. The first-order valence-corrected chi connectivity index (χ1v) is 3.57. The van der Waals surface area contributed by atoms with Crippen LogP contribution in [0, 0.1) is 0 Å². The summed E-state index contributed by atoms with van der Waals surface area (Å²) in [6.45, 7) is 3.05. The van der Waals surface area contributed by atoms with Crippen LogP contribution in [0.25, 0.3) is 0 Å². The predicted molar refractivity (Wildman–Crippen MR) is 42.6 cm³/mol. The molecule has 68 valence electrons. The number of aliphatic carboxylic acids is 1. The average molecular weight is 172 g/mol. The minimum atomic E-state index is -0.946. The van der Waals surface area contributed by atoms with Gasteiger partial charge in [0.05, 0.1) is 6.61 Å². The van der Waals surface area contributed by atoms with Crippen molar-refractivity contribution in [3.8, 4) is 0 Å². The Labute approximate surface area is 70.8 Å². The van der Waals surface area contributed by atoms with Crippen molar-refractivity contribution in [1.29, 1.82) is 0 Å². The Morgan fingerprint density at radius 3 is 2.42 bits per heavy atom. The molecule has 0 heterocycles. The summed E-state index contributed by atoms with van der Waals surface area (Å²) in [4.78, 5) is 20.5. The van der Waals surface area contributed by atoms with Gasteiger partial charge >= 0.3 is 11.9 Å². The van der Waals surface area contributed by atoms with Crippen molar-refractivity contribution in [1.82, 2.24) is 0 Å². The number of hydrogen-bond donors (Lipinski definition) is 1. The zero-order valence-corrected chi connectivity index (χ0v) is 7.16. The maximum atomic E-state index is 10.3. The molecule has 0 unspecified atom stereocenters. The van der Waals surface area contributed by atoms with E-state index in [1.54, 1.807) is 0 Å².